The Bertz CT molecular complexity index is 1620. The molecule has 0 fully saturated rings. The molecule has 2 N–H and O–H groups in total. The summed E-state index contributed by atoms with van der Waals surface area (Å²) >= 11 is 0. The van der Waals surface area contributed by atoms with Gasteiger partial charge in [0.1, 0.15) is 23.6 Å². The molecule has 0 unspecified atom stereocenters. The Kier molecular flexibility index (Phi) is 5.25. The van der Waals surface area contributed by atoms with Crippen LogP contribution in [0.1, 0.15) is 24.7 Å². The summed E-state index contributed by atoms with van der Waals surface area (Å²) in [6, 6.07) is 7.60. The van der Waals surface area contributed by atoms with Crippen molar-refractivity contribution in [2.24, 2.45) is 4.99 Å². The number of hydrogen-bond donors (Lipinski definition) is 2. The van der Waals surface area contributed by atoms with E-state index in [2.05, 4.69) is 25.3 Å². The largest absolute Gasteiger partial charge is 0.472 e. The van der Waals surface area contributed by atoms with Gasteiger partial charge in [-0.3, -0.25) is 24.7 Å². The molecule has 178 valence electrons. The molecular weight excluding hydrogens is 456 g/mol. The number of amides is 1. The van der Waals surface area contributed by atoms with Crippen LogP contribution < -0.4 is 10.2 Å². The van der Waals surface area contributed by atoms with E-state index in [0.717, 1.165) is 44.8 Å². The maximum atomic E-state index is 11.8. The second-order valence-corrected chi connectivity index (χ2v) is 8.45. The first-order chi connectivity index (χ1) is 17.6. The molecule has 0 radical (unpaired) electrons. The van der Waals surface area contributed by atoms with Crippen LogP contribution in [0.3, 0.4) is 0 Å². The first kappa shape index (κ1) is 21.7. The van der Waals surface area contributed by atoms with Gasteiger partial charge in [0.05, 0.1) is 47.5 Å². The number of rotatable bonds is 5. The number of carbonyl (C=O) groups excluding carboxylic acids is 1. The standard InChI is InChI=1S/C26H22N8O2/c1-3-22(35)31-17-8-16(10-27-11-17)20-9-18-21(12-29-20)34(2)14-30-24(18)26-32-19-4-6-28-23(25(19)33-26)15-5-7-36-13-15/h4-13H,3,14H2,1-2H3,(H,31,35)(H,32,33). The van der Waals surface area contributed by atoms with E-state index in [1.165, 1.54) is 0 Å². The van der Waals surface area contributed by atoms with Crippen molar-refractivity contribution in [1.82, 2.24) is 24.9 Å². The first-order valence-corrected chi connectivity index (χ1v) is 11.5. The number of fused-ring (bicyclic) bond motifs is 2. The van der Waals surface area contributed by atoms with E-state index in [0.29, 0.717) is 30.3 Å². The maximum Gasteiger partial charge on any atom is 0.224 e. The van der Waals surface area contributed by atoms with E-state index in [1.54, 1.807) is 38.0 Å². The number of nitrogens with zero attached hydrogens (tertiary/aromatic N) is 6. The fraction of sp³-hybridized carbons (Fsp3) is 0.154. The van der Waals surface area contributed by atoms with Crippen molar-refractivity contribution in [2.45, 2.75) is 13.3 Å². The van der Waals surface area contributed by atoms with Crippen molar-refractivity contribution < 1.29 is 9.21 Å². The number of nitrogens with one attached hydrogen (secondary N) is 2. The molecule has 10 nitrogen and oxygen atoms in total. The summed E-state index contributed by atoms with van der Waals surface area (Å²) in [6.07, 6.45) is 10.6. The molecule has 36 heavy (non-hydrogen) atoms. The van der Waals surface area contributed by atoms with Gasteiger partial charge >= 0.3 is 0 Å². The highest BCUT2D eigenvalue weighted by Crippen LogP contribution is 2.32. The number of anilines is 2. The van der Waals surface area contributed by atoms with Gasteiger partial charge in [-0.1, -0.05) is 6.92 Å². The van der Waals surface area contributed by atoms with Gasteiger partial charge < -0.3 is 19.6 Å². The number of imidazole rings is 1. The molecule has 0 saturated heterocycles. The molecule has 0 saturated carbocycles. The Morgan fingerprint density at radius 1 is 1.17 bits per heavy atom. The molecule has 10 heteroatoms. The molecule has 1 aliphatic heterocycles. The monoisotopic (exact) mass is 478 g/mol. The first-order valence-electron chi connectivity index (χ1n) is 11.5. The summed E-state index contributed by atoms with van der Waals surface area (Å²) in [6.45, 7) is 2.29. The quantitative estimate of drug-likeness (QED) is 0.386. The highest BCUT2D eigenvalue weighted by Gasteiger charge is 2.24. The van der Waals surface area contributed by atoms with Crippen LogP contribution in [0.5, 0.6) is 0 Å². The van der Waals surface area contributed by atoms with Crippen LogP contribution in [0.15, 0.2) is 71.0 Å². The molecular formula is C26H22N8O2. The minimum absolute atomic E-state index is 0.0717. The lowest BCUT2D eigenvalue weighted by molar-refractivity contribution is -0.115. The second-order valence-electron chi connectivity index (χ2n) is 8.45. The molecule has 0 aliphatic carbocycles. The van der Waals surface area contributed by atoms with Crippen LogP contribution in [0.4, 0.5) is 11.4 Å². The fourth-order valence-electron chi connectivity index (χ4n) is 4.20. The Morgan fingerprint density at radius 3 is 2.92 bits per heavy atom. The summed E-state index contributed by atoms with van der Waals surface area (Å²) in [5.74, 6) is 0.578. The Hall–Kier alpha value is -4.86. The van der Waals surface area contributed by atoms with Crippen molar-refractivity contribution in [3.63, 3.8) is 0 Å². The van der Waals surface area contributed by atoms with Crippen LogP contribution in [0.25, 0.3) is 33.5 Å². The average molecular weight is 479 g/mol. The van der Waals surface area contributed by atoms with Gasteiger partial charge in [-0.2, -0.15) is 0 Å². The van der Waals surface area contributed by atoms with Crippen molar-refractivity contribution in [2.75, 3.05) is 23.9 Å². The Balaban J connectivity index is 1.43. The average Bonchev–Trinajstić information content (AvgIpc) is 3.59. The minimum atomic E-state index is -0.0717. The molecule has 1 amide bonds. The molecule has 0 spiro atoms. The van der Waals surface area contributed by atoms with Crippen molar-refractivity contribution in [3.8, 4) is 22.5 Å². The number of aromatic amines is 1. The zero-order valence-corrected chi connectivity index (χ0v) is 19.7. The van der Waals surface area contributed by atoms with E-state index in [-0.39, 0.29) is 5.91 Å². The number of aliphatic imine (C=N–C) groups is 1. The van der Waals surface area contributed by atoms with Gasteiger partial charge in [0, 0.05) is 42.6 Å². The number of carbonyl (C=O) groups is 1. The Morgan fingerprint density at radius 2 is 2.08 bits per heavy atom. The van der Waals surface area contributed by atoms with Gasteiger partial charge in [-0.25, -0.2) is 4.98 Å². The Labute approximate surface area is 206 Å². The third kappa shape index (κ3) is 3.78. The summed E-state index contributed by atoms with van der Waals surface area (Å²) in [4.78, 5) is 40.5. The van der Waals surface area contributed by atoms with E-state index in [1.807, 2.05) is 42.4 Å². The third-order valence-electron chi connectivity index (χ3n) is 6.05. The molecule has 6 rings (SSSR count). The molecule has 6 heterocycles. The zero-order chi connectivity index (χ0) is 24.6. The van der Waals surface area contributed by atoms with Gasteiger partial charge in [0.2, 0.25) is 5.91 Å². The van der Waals surface area contributed by atoms with Gasteiger partial charge in [0.15, 0.2) is 5.82 Å². The fourth-order valence-corrected chi connectivity index (χ4v) is 4.20. The van der Waals surface area contributed by atoms with Crippen LogP contribution >= 0.6 is 0 Å². The molecule has 5 aromatic heterocycles. The van der Waals surface area contributed by atoms with Crippen LogP contribution in [0.2, 0.25) is 0 Å². The number of hydrogen-bond acceptors (Lipinski definition) is 8. The number of H-pyrrole nitrogens is 1. The highest BCUT2D eigenvalue weighted by molar-refractivity contribution is 6.16. The van der Waals surface area contributed by atoms with Gasteiger partial charge in [-0.15, -0.1) is 0 Å². The second kappa shape index (κ2) is 8.73. The highest BCUT2D eigenvalue weighted by atomic mass is 16.3. The van der Waals surface area contributed by atoms with Crippen molar-refractivity contribution in [3.05, 3.63) is 73.0 Å². The van der Waals surface area contributed by atoms with E-state index < -0.39 is 0 Å². The molecule has 1 aliphatic rings. The lowest BCUT2D eigenvalue weighted by atomic mass is 10.0. The SMILES string of the molecule is CCC(=O)Nc1cncc(-c2cc3c(cn2)N(C)CN=C3c2nc3c(-c4ccoc4)nccc3[nH]2)c1. The summed E-state index contributed by atoms with van der Waals surface area (Å²) < 4.78 is 5.25. The molecule has 0 bridgehead atoms. The van der Waals surface area contributed by atoms with Crippen molar-refractivity contribution in [1.29, 1.82) is 0 Å². The number of pyridine rings is 3. The minimum Gasteiger partial charge on any atom is -0.472 e. The smallest absolute Gasteiger partial charge is 0.224 e. The predicted molar refractivity (Wildman–Crippen MR) is 137 cm³/mol. The van der Waals surface area contributed by atoms with Crippen LogP contribution in [0, 0.1) is 0 Å². The normalized spacial score (nSPS) is 12.9. The lowest BCUT2D eigenvalue weighted by Crippen LogP contribution is -2.27. The number of aromatic nitrogens is 5. The maximum absolute atomic E-state index is 11.8. The van der Waals surface area contributed by atoms with Crippen LogP contribution in [-0.4, -0.2) is 50.3 Å². The van der Waals surface area contributed by atoms with Gasteiger partial charge in [0.25, 0.3) is 0 Å². The zero-order valence-electron chi connectivity index (χ0n) is 19.7. The summed E-state index contributed by atoms with van der Waals surface area (Å²) in [5.41, 5.74) is 7.92. The van der Waals surface area contributed by atoms with E-state index in [9.17, 15) is 4.79 Å². The number of furan rings is 1. The molecule has 0 atom stereocenters. The predicted octanol–water partition coefficient (Wildman–Crippen LogP) is 4.27. The van der Waals surface area contributed by atoms with Crippen LogP contribution in [-0.2, 0) is 4.79 Å². The summed E-state index contributed by atoms with van der Waals surface area (Å²) in [7, 11) is 1.97. The molecule has 5 aromatic rings. The molecule has 0 aromatic carbocycles. The van der Waals surface area contributed by atoms with E-state index in [4.69, 9.17) is 14.4 Å². The summed E-state index contributed by atoms with van der Waals surface area (Å²) in [5, 5.41) is 2.85. The topological polar surface area (TPSA) is 125 Å². The van der Waals surface area contributed by atoms with Crippen molar-refractivity contribution >= 4 is 34.0 Å². The van der Waals surface area contributed by atoms with E-state index >= 15 is 0 Å². The third-order valence-corrected chi connectivity index (χ3v) is 6.05. The lowest BCUT2D eigenvalue weighted by Gasteiger charge is -2.25. The van der Waals surface area contributed by atoms with Gasteiger partial charge in [-0.05, 0) is 24.3 Å².